The van der Waals surface area contributed by atoms with E-state index in [9.17, 15) is 0 Å². The molecule has 0 unspecified atom stereocenters. The summed E-state index contributed by atoms with van der Waals surface area (Å²) >= 11 is 0. The molecule has 1 heterocycles. The van der Waals surface area contributed by atoms with Crippen LogP contribution in [0, 0.1) is 17.8 Å². The second kappa shape index (κ2) is 3.92. The lowest BCUT2D eigenvalue weighted by Gasteiger charge is -2.17. The average Bonchev–Trinajstić information content (AvgIpc) is 3.15. The standard InChI is InChI=1S/C12H18N4/c13-11-6-14-7-16-12(11)15-5-10(8-1-2-8)9-3-4-9/h6-10H,1-5,13H2,(H,14,15,16). The van der Waals surface area contributed by atoms with Crippen LogP contribution in [0.1, 0.15) is 25.7 Å². The molecule has 0 radical (unpaired) electrons. The zero-order chi connectivity index (χ0) is 11.0. The minimum atomic E-state index is 0.646. The molecule has 16 heavy (non-hydrogen) atoms. The number of rotatable bonds is 5. The first-order chi connectivity index (χ1) is 7.84. The predicted octanol–water partition coefficient (Wildman–Crippen LogP) is 1.91. The first-order valence-corrected chi connectivity index (χ1v) is 6.14. The van der Waals surface area contributed by atoms with E-state index in [4.69, 9.17) is 5.73 Å². The summed E-state index contributed by atoms with van der Waals surface area (Å²) < 4.78 is 0. The van der Waals surface area contributed by atoms with Crippen LogP contribution in [0.5, 0.6) is 0 Å². The molecular formula is C12H18N4. The van der Waals surface area contributed by atoms with Gasteiger partial charge in [-0.3, -0.25) is 0 Å². The molecule has 2 fully saturated rings. The Morgan fingerprint density at radius 1 is 1.31 bits per heavy atom. The van der Waals surface area contributed by atoms with Gasteiger partial charge in [-0.05, 0) is 43.4 Å². The number of nitrogen functional groups attached to an aromatic ring is 1. The molecule has 0 amide bonds. The molecule has 0 aromatic carbocycles. The van der Waals surface area contributed by atoms with Crippen LogP contribution < -0.4 is 11.1 Å². The van der Waals surface area contributed by atoms with Gasteiger partial charge >= 0.3 is 0 Å². The van der Waals surface area contributed by atoms with Crippen LogP contribution in [0.3, 0.4) is 0 Å². The van der Waals surface area contributed by atoms with Gasteiger partial charge in [0.05, 0.1) is 11.9 Å². The van der Waals surface area contributed by atoms with Crippen LogP contribution in [0.25, 0.3) is 0 Å². The molecule has 86 valence electrons. The number of nitrogens with two attached hydrogens (primary N) is 1. The minimum absolute atomic E-state index is 0.646. The fraction of sp³-hybridized carbons (Fsp3) is 0.667. The molecule has 2 aliphatic carbocycles. The Labute approximate surface area is 95.7 Å². The van der Waals surface area contributed by atoms with Crippen LogP contribution >= 0.6 is 0 Å². The van der Waals surface area contributed by atoms with Gasteiger partial charge < -0.3 is 11.1 Å². The quantitative estimate of drug-likeness (QED) is 0.792. The van der Waals surface area contributed by atoms with Gasteiger partial charge in [-0.15, -0.1) is 0 Å². The minimum Gasteiger partial charge on any atom is -0.394 e. The Morgan fingerprint density at radius 3 is 2.56 bits per heavy atom. The highest BCUT2D eigenvalue weighted by molar-refractivity contribution is 5.58. The van der Waals surface area contributed by atoms with Crippen molar-refractivity contribution in [2.24, 2.45) is 17.8 Å². The van der Waals surface area contributed by atoms with Gasteiger partial charge in [-0.1, -0.05) is 0 Å². The maximum Gasteiger partial charge on any atom is 0.152 e. The highest BCUT2D eigenvalue weighted by Gasteiger charge is 2.41. The van der Waals surface area contributed by atoms with Crippen molar-refractivity contribution in [3.63, 3.8) is 0 Å². The molecule has 0 aliphatic heterocycles. The van der Waals surface area contributed by atoms with Gasteiger partial charge in [-0.25, -0.2) is 9.97 Å². The van der Waals surface area contributed by atoms with Crippen molar-refractivity contribution in [2.75, 3.05) is 17.6 Å². The molecular weight excluding hydrogens is 200 g/mol. The van der Waals surface area contributed by atoms with Crippen LogP contribution in [0.15, 0.2) is 12.5 Å². The van der Waals surface area contributed by atoms with E-state index < -0.39 is 0 Å². The number of nitrogens with zero attached hydrogens (tertiary/aromatic N) is 2. The Morgan fingerprint density at radius 2 is 2.00 bits per heavy atom. The molecule has 3 N–H and O–H groups in total. The summed E-state index contributed by atoms with van der Waals surface area (Å²) in [7, 11) is 0. The molecule has 4 heteroatoms. The molecule has 0 bridgehead atoms. The normalized spacial score (nSPS) is 20.1. The van der Waals surface area contributed by atoms with Gasteiger partial charge in [0, 0.05) is 6.54 Å². The van der Waals surface area contributed by atoms with E-state index in [2.05, 4.69) is 15.3 Å². The van der Waals surface area contributed by atoms with E-state index >= 15 is 0 Å². The summed E-state index contributed by atoms with van der Waals surface area (Å²) in [6.07, 6.45) is 8.87. The van der Waals surface area contributed by atoms with E-state index in [-0.39, 0.29) is 0 Å². The molecule has 1 aromatic heterocycles. The van der Waals surface area contributed by atoms with Crippen molar-refractivity contribution < 1.29 is 0 Å². The van der Waals surface area contributed by atoms with Crippen molar-refractivity contribution >= 4 is 11.5 Å². The summed E-state index contributed by atoms with van der Waals surface area (Å²) in [6.45, 7) is 1.02. The Kier molecular flexibility index (Phi) is 2.42. The van der Waals surface area contributed by atoms with Crippen molar-refractivity contribution in [3.8, 4) is 0 Å². The molecule has 2 aliphatic rings. The molecule has 0 spiro atoms. The van der Waals surface area contributed by atoms with Gasteiger partial charge in [0.1, 0.15) is 6.33 Å². The van der Waals surface area contributed by atoms with Gasteiger partial charge in [0.2, 0.25) is 0 Å². The smallest absolute Gasteiger partial charge is 0.152 e. The van der Waals surface area contributed by atoms with Crippen LogP contribution in [-0.4, -0.2) is 16.5 Å². The first kappa shape index (κ1) is 9.87. The van der Waals surface area contributed by atoms with Gasteiger partial charge in [0.15, 0.2) is 5.82 Å². The SMILES string of the molecule is Nc1cncnc1NCC(C1CC1)C1CC1. The third kappa shape index (κ3) is 2.10. The van der Waals surface area contributed by atoms with Crippen molar-refractivity contribution in [1.29, 1.82) is 0 Å². The highest BCUT2D eigenvalue weighted by atomic mass is 15.0. The number of aromatic nitrogens is 2. The molecule has 1 aromatic rings. The summed E-state index contributed by atoms with van der Waals surface area (Å²) in [5, 5.41) is 3.38. The van der Waals surface area contributed by atoms with E-state index in [1.807, 2.05) is 0 Å². The van der Waals surface area contributed by atoms with Crippen molar-refractivity contribution in [3.05, 3.63) is 12.5 Å². The molecule has 3 rings (SSSR count). The molecule has 2 saturated carbocycles. The maximum absolute atomic E-state index is 5.80. The number of hydrogen-bond donors (Lipinski definition) is 2. The lowest BCUT2D eigenvalue weighted by molar-refractivity contribution is 0.428. The third-order valence-corrected chi connectivity index (χ3v) is 3.70. The number of nitrogens with one attached hydrogen (secondary N) is 1. The number of anilines is 2. The fourth-order valence-electron chi connectivity index (χ4n) is 2.47. The Balaban J connectivity index is 1.60. The van der Waals surface area contributed by atoms with Crippen molar-refractivity contribution in [1.82, 2.24) is 9.97 Å². The molecule has 0 atom stereocenters. The maximum atomic E-state index is 5.80. The van der Waals surface area contributed by atoms with Crippen LogP contribution in [0.2, 0.25) is 0 Å². The van der Waals surface area contributed by atoms with Gasteiger partial charge in [0.25, 0.3) is 0 Å². The first-order valence-electron chi connectivity index (χ1n) is 6.14. The lowest BCUT2D eigenvalue weighted by atomic mass is 9.98. The zero-order valence-electron chi connectivity index (χ0n) is 9.39. The topological polar surface area (TPSA) is 63.8 Å². The largest absolute Gasteiger partial charge is 0.394 e. The number of hydrogen-bond acceptors (Lipinski definition) is 4. The summed E-state index contributed by atoms with van der Waals surface area (Å²) in [4.78, 5) is 8.05. The monoisotopic (exact) mass is 218 g/mol. The fourth-order valence-corrected chi connectivity index (χ4v) is 2.47. The second-order valence-corrected chi connectivity index (χ2v) is 5.05. The van der Waals surface area contributed by atoms with E-state index in [1.165, 1.54) is 25.7 Å². The summed E-state index contributed by atoms with van der Waals surface area (Å²) in [6, 6.07) is 0. The third-order valence-electron chi connectivity index (χ3n) is 3.70. The summed E-state index contributed by atoms with van der Waals surface area (Å²) in [5.74, 6) is 3.56. The summed E-state index contributed by atoms with van der Waals surface area (Å²) in [5.41, 5.74) is 6.45. The Hall–Kier alpha value is -1.32. The molecule has 4 nitrogen and oxygen atoms in total. The highest BCUT2D eigenvalue weighted by Crippen LogP contribution is 2.49. The Bertz CT molecular complexity index is 359. The second-order valence-electron chi connectivity index (χ2n) is 5.05. The zero-order valence-corrected chi connectivity index (χ0v) is 9.39. The lowest BCUT2D eigenvalue weighted by Crippen LogP contribution is -2.19. The van der Waals surface area contributed by atoms with Crippen LogP contribution in [-0.2, 0) is 0 Å². The van der Waals surface area contributed by atoms with E-state index in [0.717, 1.165) is 30.1 Å². The average molecular weight is 218 g/mol. The molecule has 0 saturated heterocycles. The predicted molar refractivity (Wildman–Crippen MR) is 63.9 cm³/mol. The van der Waals surface area contributed by atoms with Crippen LogP contribution in [0.4, 0.5) is 11.5 Å². The van der Waals surface area contributed by atoms with Gasteiger partial charge in [-0.2, -0.15) is 0 Å². The van der Waals surface area contributed by atoms with E-state index in [1.54, 1.807) is 12.5 Å². The van der Waals surface area contributed by atoms with Crippen molar-refractivity contribution in [2.45, 2.75) is 25.7 Å². The van der Waals surface area contributed by atoms with E-state index in [0.29, 0.717) is 5.69 Å².